The van der Waals surface area contributed by atoms with Gasteiger partial charge in [-0.1, -0.05) is 77.0 Å². The second kappa shape index (κ2) is 10.2. The van der Waals surface area contributed by atoms with Gasteiger partial charge in [-0.15, -0.1) is 0 Å². The molecule has 2 amide bonds. The molecule has 4 saturated carbocycles. The van der Waals surface area contributed by atoms with Crippen LogP contribution in [0.3, 0.4) is 0 Å². The lowest BCUT2D eigenvalue weighted by molar-refractivity contribution is -0.179. The summed E-state index contributed by atoms with van der Waals surface area (Å²) in [7, 11) is 0. The second-order valence-corrected chi connectivity index (χ2v) is 18.2. The number of thioether (sulfide) groups is 1. The van der Waals surface area contributed by atoms with Crippen LogP contribution in [0.15, 0.2) is 16.8 Å². The van der Waals surface area contributed by atoms with Crippen LogP contribution in [0.5, 0.6) is 0 Å². The Labute approximate surface area is 265 Å². The summed E-state index contributed by atoms with van der Waals surface area (Å²) in [5.74, 6) is -0.713. The predicted molar refractivity (Wildman–Crippen MR) is 170 cm³/mol. The molecule has 0 aromatic rings. The minimum atomic E-state index is -0.764. The number of carboxylic acid groups (broad SMARTS) is 1. The molecule has 0 aromatic heterocycles. The first kappa shape index (κ1) is 31.8. The Hall–Kier alpha value is -2.16. The number of rotatable bonds is 4. The molecule has 2 N–H and O–H groups in total. The maximum absolute atomic E-state index is 12.9. The fourth-order valence-corrected chi connectivity index (χ4v) is 12.2. The number of hydrogen-bond donors (Lipinski definition) is 2. The molecular formula is C35H50N2O6S. The van der Waals surface area contributed by atoms with Crippen LogP contribution in [0.4, 0.5) is 4.79 Å². The molecule has 5 fully saturated rings. The lowest BCUT2D eigenvalue weighted by atomic mass is 9.33. The van der Waals surface area contributed by atoms with Crippen molar-refractivity contribution in [1.82, 2.24) is 5.32 Å². The third-order valence-corrected chi connectivity index (χ3v) is 15.2. The van der Waals surface area contributed by atoms with Crippen LogP contribution in [-0.2, 0) is 19.2 Å². The van der Waals surface area contributed by atoms with Crippen LogP contribution >= 0.6 is 11.8 Å². The Balaban J connectivity index is 1.26. The number of amides is 2. The van der Waals surface area contributed by atoms with Crippen molar-refractivity contribution in [2.45, 2.75) is 124 Å². The number of fused-ring (bicyclic) bond motifs is 7. The first-order chi connectivity index (χ1) is 20.4. The molecule has 0 bridgehead atoms. The Kier molecular flexibility index (Phi) is 7.35. The number of allylic oxidation sites excluding steroid dienone is 2. The summed E-state index contributed by atoms with van der Waals surface area (Å²) in [4.78, 5) is 54.2. The normalized spacial score (nSPS) is 44.8. The molecule has 242 valence electrons. The summed E-state index contributed by atoms with van der Waals surface area (Å²) in [5, 5.41) is 16.0. The third-order valence-electron chi connectivity index (χ3n) is 14.2. The van der Waals surface area contributed by atoms with Crippen LogP contribution in [0.1, 0.15) is 119 Å². The average molecular weight is 627 g/mol. The van der Waals surface area contributed by atoms with Crippen LogP contribution in [0, 0.1) is 50.2 Å². The monoisotopic (exact) mass is 626 g/mol. The van der Waals surface area contributed by atoms with E-state index in [1.165, 1.54) is 5.57 Å². The van der Waals surface area contributed by atoms with E-state index in [9.17, 15) is 24.3 Å². The van der Waals surface area contributed by atoms with Crippen molar-refractivity contribution in [1.29, 1.82) is 0 Å². The largest absolute Gasteiger partial charge is 0.481 e. The van der Waals surface area contributed by atoms with Crippen molar-refractivity contribution in [2.24, 2.45) is 55.4 Å². The van der Waals surface area contributed by atoms with Gasteiger partial charge in [0.25, 0.3) is 5.24 Å². The predicted octanol–water partition coefficient (Wildman–Crippen LogP) is 7.51. The minimum absolute atomic E-state index is 0.0269. The summed E-state index contributed by atoms with van der Waals surface area (Å²) in [5.41, 5.74) is 1.70. The van der Waals surface area contributed by atoms with Gasteiger partial charge in [-0.05, 0) is 104 Å². The smallest absolute Gasteiger partial charge is 0.336 e. The van der Waals surface area contributed by atoms with E-state index < -0.39 is 33.7 Å². The average Bonchev–Trinajstić information content (AvgIpc) is 3.23. The number of imide groups is 1. The highest BCUT2D eigenvalue weighted by molar-refractivity contribution is 8.15. The van der Waals surface area contributed by atoms with E-state index in [0.29, 0.717) is 11.8 Å². The van der Waals surface area contributed by atoms with Gasteiger partial charge in [0.15, 0.2) is 0 Å². The van der Waals surface area contributed by atoms with Crippen molar-refractivity contribution in [3.8, 4) is 0 Å². The molecule has 8 nitrogen and oxygen atoms in total. The topological polar surface area (TPSA) is 122 Å². The van der Waals surface area contributed by atoms with Gasteiger partial charge in [0.1, 0.15) is 5.25 Å². The second-order valence-electron chi connectivity index (χ2n) is 17.0. The minimum Gasteiger partial charge on any atom is -0.481 e. The van der Waals surface area contributed by atoms with Gasteiger partial charge in [0.2, 0.25) is 5.91 Å². The van der Waals surface area contributed by atoms with Crippen LogP contribution in [0.25, 0.3) is 0 Å². The van der Waals surface area contributed by atoms with E-state index in [-0.39, 0.29) is 39.4 Å². The maximum Gasteiger partial charge on any atom is 0.336 e. The molecule has 1 saturated heterocycles. The van der Waals surface area contributed by atoms with Crippen molar-refractivity contribution in [2.75, 3.05) is 0 Å². The van der Waals surface area contributed by atoms with Crippen molar-refractivity contribution in [3.05, 3.63) is 11.6 Å². The van der Waals surface area contributed by atoms with Gasteiger partial charge in [-0.25, -0.2) is 4.79 Å². The molecular weight excluding hydrogens is 576 g/mol. The highest BCUT2D eigenvalue weighted by atomic mass is 32.2. The van der Waals surface area contributed by atoms with Gasteiger partial charge in [-0.3, -0.25) is 19.7 Å². The van der Waals surface area contributed by atoms with Crippen molar-refractivity contribution >= 4 is 40.6 Å². The Morgan fingerprint density at radius 2 is 1.70 bits per heavy atom. The van der Waals surface area contributed by atoms with E-state index in [0.717, 1.165) is 81.7 Å². The lowest BCUT2D eigenvalue weighted by Crippen LogP contribution is -2.64. The molecule has 0 spiro atoms. The lowest BCUT2D eigenvalue weighted by Gasteiger charge is -2.70. The molecule has 0 radical (unpaired) electrons. The number of aliphatic carboxylic acids is 1. The summed E-state index contributed by atoms with van der Waals surface area (Å²) in [6, 6.07) is 0. The fraction of sp³-hybridized carbons (Fsp3) is 0.800. The number of oxime groups is 1. The van der Waals surface area contributed by atoms with Gasteiger partial charge < -0.3 is 9.94 Å². The zero-order valence-electron chi connectivity index (χ0n) is 27.5. The molecule has 1 aliphatic heterocycles. The van der Waals surface area contributed by atoms with Crippen molar-refractivity contribution in [3.63, 3.8) is 0 Å². The van der Waals surface area contributed by atoms with Gasteiger partial charge in [0, 0.05) is 5.41 Å². The summed E-state index contributed by atoms with van der Waals surface area (Å²) < 4.78 is 0. The highest BCUT2D eigenvalue weighted by Gasteiger charge is 2.69. The molecule has 0 aromatic carbocycles. The summed E-state index contributed by atoms with van der Waals surface area (Å²) >= 11 is 0.820. The number of carbonyl (C=O) groups is 4. The maximum atomic E-state index is 12.9. The molecule has 6 aliphatic rings. The molecule has 9 heteroatoms. The molecule has 8 atom stereocenters. The quantitative estimate of drug-likeness (QED) is 0.188. The Bertz CT molecular complexity index is 1370. The van der Waals surface area contributed by atoms with Gasteiger partial charge in [0.05, 0.1) is 17.5 Å². The summed E-state index contributed by atoms with van der Waals surface area (Å²) in [6.07, 6.45) is 11.5. The molecule has 6 rings (SSSR count). The molecule has 5 aliphatic carbocycles. The summed E-state index contributed by atoms with van der Waals surface area (Å²) in [6.45, 7) is 16.6. The highest BCUT2D eigenvalue weighted by Crippen LogP contribution is 2.75. The number of nitrogens with zero attached hydrogens (tertiary/aromatic N) is 1. The van der Waals surface area contributed by atoms with E-state index in [1.807, 2.05) is 0 Å². The Morgan fingerprint density at radius 1 is 1.00 bits per heavy atom. The van der Waals surface area contributed by atoms with Crippen LogP contribution < -0.4 is 5.32 Å². The first-order valence-electron chi connectivity index (χ1n) is 16.6. The number of carbonyl (C=O) groups excluding carboxylic acids is 3. The van der Waals surface area contributed by atoms with Crippen molar-refractivity contribution < 1.29 is 29.1 Å². The first-order valence-corrected chi connectivity index (χ1v) is 17.5. The van der Waals surface area contributed by atoms with E-state index in [2.05, 4.69) is 65.0 Å². The standard InChI is InChI=1S/C35H50N2O6S/c1-30(2)14-16-35(28(40)41)17-15-33(6)20(21(35)19-30)8-9-24-32(5)12-11-25(31(3,4)23(32)10-13-34(24,33)7)37-43-26(38)18-22-27(39)36-29(42)44-22/h8,21-24H,9-19H2,1-7H3,(H,40,41)(H,36,39,42)/b37-25+/t21?,22?,23?,24?,32-,33+,34+,35-/m0/s1. The SMILES string of the molecule is CC1(C)CC[C@]2(C(=O)O)CC[C@]3(C)C(=CCC4[C@@]5(C)CC/C(=N\OC(=O)CC6SC(=O)NC6=O)C(C)(C)C5CC[C@]43C)C2C1. The van der Waals surface area contributed by atoms with Crippen LogP contribution in [0.2, 0.25) is 0 Å². The van der Waals surface area contributed by atoms with E-state index in [4.69, 9.17) is 4.84 Å². The number of carboxylic acids is 1. The van der Waals surface area contributed by atoms with Gasteiger partial charge in [-0.2, -0.15) is 0 Å². The fourth-order valence-electron chi connectivity index (χ4n) is 11.4. The third kappa shape index (κ3) is 4.48. The number of nitrogens with one attached hydrogen (secondary N) is 1. The molecule has 1 heterocycles. The van der Waals surface area contributed by atoms with Crippen LogP contribution in [-0.4, -0.2) is 39.2 Å². The zero-order valence-corrected chi connectivity index (χ0v) is 28.3. The number of hydrogen-bond acceptors (Lipinski definition) is 7. The Morgan fingerprint density at radius 3 is 2.36 bits per heavy atom. The van der Waals surface area contributed by atoms with E-state index >= 15 is 0 Å². The zero-order chi connectivity index (χ0) is 32.1. The van der Waals surface area contributed by atoms with E-state index in [1.54, 1.807) is 0 Å². The molecule has 4 unspecified atom stereocenters. The van der Waals surface area contributed by atoms with Gasteiger partial charge >= 0.3 is 11.9 Å². The molecule has 44 heavy (non-hydrogen) atoms.